The summed E-state index contributed by atoms with van der Waals surface area (Å²) in [4.78, 5) is 16.3. The van der Waals surface area contributed by atoms with Crippen LogP contribution in [0.1, 0.15) is 16.1 Å². The van der Waals surface area contributed by atoms with Crippen molar-refractivity contribution in [1.82, 2.24) is 10.4 Å². The Labute approximate surface area is 121 Å². The number of nitrogen functional groups attached to an aromatic ring is 1. The highest BCUT2D eigenvalue weighted by Gasteiger charge is 2.06. The number of carbonyl (C=O) groups is 1. The van der Waals surface area contributed by atoms with Crippen molar-refractivity contribution in [2.24, 2.45) is 5.84 Å². The number of amides is 1. The molecule has 2 rings (SSSR count). The molecule has 3 N–H and O–H groups in total. The van der Waals surface area contributed by atoms with Gasteiger partial charge < -0.3 is 4.74 Å². The molecule has 0 aliphatic carbocycles. The predicted molar refractivity (Wildman–Crippen MR) is 78.4 cm³/mol. The molecule has 2 aromatic rings. The second kappa shape index (κ2) is 6.93. The summed E-state index contributed by atoms with van der Waals surface area (Å²) in [5, 5.41) is 0. The van der Waals surface area contributed by atoms with Crippen LogP contribution < -0.4 is 16.0 Å². The summed E-state index contributed by atoms with van der Waals surface area (Å²) < 4.78 is 5.19. The smallest absolute Gasteiger partial charge is 0.283 e. The number of hydrogen-bond acceptors (Lipinski definition) is 5. The standard InChI is InChI=1S/C14H15N3O2S/c1-19-11-4-2-3-10(7-11)9-20-12-5-6-16-13(8-12)14(18)17-15/h2-8H,9,15H2,1H3,(H,17,18). The third kappa shape index (κ3) is 3.72. The quantitative estimate of drug-likeness (QED) is 0.381. The number of methoxy groups -OCH3 is 1. The lowest BCUT2D eigenvalue weighted by Gasteiger charge is -2.05. The van der Waals surface area contributed by atoms with Gasteiger partial charge in [0.1, 0.15) is 11.4 Å². The van der Waals surface area contributed by atoms with Crippen molar-refractivity contribution in [3.05, 3.63) is 53.9 Å². The van der Waals surface area contributed by atoms with Gasteiger partial charge in [-0.1, -0.05) is 12.1 Å². The number of hydrazine groups is 1. The van der Waals surface area contributed by atoms with E-state index in [0.29, 0.717) is 5.69 Å². The molecule has 0 radical (unpaired) electrons. The number of rotatable bonds is 5. The van der Waals surface area contributed by atoms with Gasteiger partial charge in [-0.3, -0.25) is 15.2 Å². The molecule has 104 valence electrons. The van der Waals surface area contributed by atoms with E-state index in [-0.39, 0.29) is 0 Å². The Hall–Kier alpha value is -2.05. The van der Waals surface area contributed by atoms with E-state index in [1.54, 1.807) is 31.1 Å². The summed E-state index contributed by atoms with van der Waals surface area (Å²) in [6, 6.07) is 11.5. The topological polar surface area (TPSA) is 77.2 Å². The average molecular weight is 289 g/mol. The Bertz CT molecular complexity index is 604. The summed E-state index contributed by atoms with van der Waals surface area (Å²) >= 11 is 1.62. The molecule has 1 aromatic carbocycles. The molecule has 1 aromatic heterocycles. The fraction of sp³-hybridized carbons (Fsp3) is 0.143. The van der Waals surface area contributed by atoms with Gasteiger partial charge in [0.25, 0.3) is 5.91 Å². The first-order chi connectivity index (χ1) is 9.72. The zero-order valence-corrected chi connectivity index (χ0v) is 11.8. The maximum atomic E-state index is 11.4. The number of thioether (sulfide) groups is 1. The number of nitrogens with one attached hydrogen (secondary N) is 1. The summed E-state index contributed by atoms with van der Waals surface area (Å²) in [7, 11) is 1.65. The lowest BCUT2D eigenvalue weighted by atomic mass is 10.2. The van der Waals surface area contributed by atoms with E-state index in [0.717, 1.165) is 22.0 Å². The Morgan fingerprint density at radius 1 is 1.40 bits per heavy atom. The molecule has 0 aliphatic rings. The second-order valence-electron chi connectivity index (χ2n) is 3.99. The average Bonchev–Trinajstić information content (AvgIpc) is 2.52. The number of aromatic nitrogens is 1. The van der Waals surface area contributed by atoms with Crippen LogP contribution in [0.5, 0.6) is 5.75 Å². The van der Waals surface area contributed by atoms with E-state index in [9.17, 15) is 4.79 Å². The van der Waals surface area contributed by atoms with Gasteiger partial charge >= 0.3 is 0 Å². The molecule has 0 fully saturated rings. The van der Waals surface area contributed by atoms with Gasteiger partial charge in [-0.05, 0) is 29.8 Å². The van der Waals surface area contributed by atoms with Crippen molar-refractivity contribution >= 4 is 17.7 Å². The lowest BCUT2D eigenvalue weighted by Crippen LogP contribution is -2.30. The minimum Gasteiger partial charge on any atom is -0.497 e. The Morgan fingerprint density at radius 2 is 2.25 bits per heavy atom. The molecule has 6 heteroatoms. The van der Waals surface area contributed by atoms with E-state index in [2.05, 4.69) is 10.4 Å². The highest BCUT2D eigenvalue weighted by atomic mass is 32.2. The van der Waals surface area contributed by atoms with Gasteiger partial charge in [0.2, 0.25) is 0 Å². The minimum atomic E-state index is -0.395. The van der Waals surface area contributed by atoms with Gasteiger partial charge in [-0.15, -0.1) is 11.8 Å². The molecule has 0 saturated heterocycles. The van der Waals surface area contributed by atoms with Crippen LogP contribution in [0.3, 0.4) is 0 Å². The van der Waals surface area contributed by atoms with Crippen molar-refractivity contribution < 1.29 is 9.53 Å². The predicted octanol–water partition coefficient (Wildman–Crippen LogP) is 1.99. The van der Waals surface area contributed by atoms with Crippen molar-refractivity contribution in [2.45, 2.75) is 10.6 Å². The molecule has 0 atom stereocenters. The normalized spacial score (nSPS) is 10.1. The SMILES string of the molecule is COc1cccc(CSc2ccnc(C(=O)NN)c2)c1. The number of nitrogens with two attached hydrogens (primary N) is 1. The maximum absolute atomic E-state index is 11.4. The molecule has 1 heterocycles. The molecule has 0 aliphatic heterocycles. The van der Waals surface area contributed by atoms with Crippen molar-refractivity contribution in [3.63, 3.8) is 0 Å². The van der Waals surface area contributed by atoms with Crippen LogP contribution in [0, 0.1) is 0 Å². The van der Waals surface area contributed by atoms with E-state index < -0.39 is 5.91 Å². The molecule has 0 spiro atoms. The third-order valence-corrected chi connectivity index (χ3v) is 3.70. The Morgan fingerprint density at radius 3 is 3.00 bits per heavy atom. The first-order valence-corrected chi connectivity index (χ1v) is 6.94. The highest BCUT2D eigenvalue weighted by molar-refractivity contribution is 7.98. The molecule has 1 amide bonds. The molecule has 0 bridgehead atoms. The Kier molecular flexibility index (Phi) is 4.97. The molecule has 0 unspecified atom stereocenters. The van der Waals surface area contributed by atoms with Crippen LogP contribution in [0.4, 0.5) is 0 Å². The van der Waals surface area contributed by atoms with Crippen molar-refractivity contribution in [3.8, 4) is 5.75 Å². The Balaban J connectivity index is 2.05. The number of ether oxygens (including phenoxy) is 1. The molecule has 20 heavy (non-hydrogen) atoms. The number of nitrogens with zero attached hydrogens (tertiary/aromatic N) is 1. The largest absolute Gasteiger partial charge is 0.497 e. The molecule has 0 saturated carbocycles. The molecular weight excluding hydrogens is 274 g/mol. The van der Waals surface area contributed by atoms with Crippen molar-refractivity contribution in [2.75, 3.05) is 7.11 Å². The zero-order chi connectivity index (χ0) is 14.4. The van der Waals surface area contributed by atoms with Crippen LogP contribution in [0.2, 0.25) is 0 Å². The fourth-order valence-electron chi connectivity index (χ4n) is 1.63. The van der Waals surface area contributed by atoms with E-state index in [4.69, 9.17) is 10.6 Å². The van der Waals surface area contributed by atoms with Crippen LogP contribution in [-0.2, 0) is 5.75 Å². The summed E-state index contributed by atoms with van der Waals surface area (Å²) in [6.45, 7) is 0. The van der Waals surface area contributed by atoms with Crippen LogP contribution in [0.25, 0.3) is 0 Å². The highest BCUT2D eigenvalue weighted by Crippen LogP contribution is 2.24. The molecular formula is C14H15N3O2S. The lowest BCUT2D eigenvalue weighted by molar-refractivity contribution is 0.0948. The third-order valence-electron chi connectivity index (χ3n) is 2.63. The van der Waals surface area contributed by atoms with Gasteiger partial charge in [0.05, 0.1) is 7.11 Å². The number of hydrogen-bond donors (Lipinski definition) is 2. The van der Waals surface area contributed by atoms with E-state index in [1.165, 1.54) is 0 Å². The van der Waals surface area contributed by atoms with Crippen LogP contribution >= 0.6 is 11.8 Å². The summed E-state index contributed by atoms with van der Waals surface area (Å²) in [6.07, 6.45) is 1.60. The number of pyridine rings is 1. The maximum Gasteiger partial charge on any atom is 0.283 e. The first-order valence-electron chi connectivity index (χ1n) is 5.95. The summed E-state index contributed by atoms with van der Waals surface area (Å²) in [5.41, 5.74) is 3.53. The van der Waals surface area contributed by atoms with Crippen molar-refractivity contribution in [1.29, 1.82) is 0 Å². The van der Waals surface area contributed by atoms with Gasteiger partial charge in [0.15, 0.2) is 0 Å². The van der Waals surface area contributed by atoms with Gasteiger partial charge in [-0.2, -0.15) is 0 Å². The van der Waals surface area contributed by atoms with E-state index >= 15 is 0 Å². The monoisotopic (exact) mass is 289 g/mol. The summed E-state index contributed by atoms with van der Waals surface area (Å²) in [5.74, 6) is 6.31. The number of carbonyl (C=O) groups excluding carboxylic acids is 1. The fourth-order valence-corrected chi connectivity index (χ4v) is 2.49. The van der Waals surface area contributed by atoms with Gasteiger partial charge in [-0.25, -0.2) is 5.84 Å². The number of benzene rings is 1. The minimum absolute atomic E-state index is 0.308. The van der Waals surface area contributed by atoms with Gasteiger partial charge in [0, 0.05) is 16.8 Å². The zero-order valence-electron chi connectivity index (χ0n) is 11.0. The van der Waals surface area contributed by atoms with Crippen LogP contribution in [-0.4, -0.2) is 18.0 Å². The van der Waals surface area contributed by atoms with Crippen LogP contribution in [0.15, 0.2) is 47.5 Å². The van der Waals surface area contributed by atoms with E-state index in [1.807, 2.05) is 30.3 Å². The molecule has 5 nitrogen and oxygen atoms in total. The first kappa shape index (κ1) is 14.4. The second-order valence-corrected chi connectivity index (χ2v) is 5.04.